The standard InChI is InChI=1S/C14H24N4O.2ClH/c1-9-8-15-6-7-18(9)14(19)10(2)13-11(3)16-17(5)12(13)4;;/h9-10,15H,6-8H2,1-5H3;2*1H/t9-,10?;;/m1../s1. The molecule has 2 heterocycles. The van der Waals surface area contributed by atoms with Crippen LogP contribution in [0.2, 0.25) is 0 Å². The summed E-state index contributed by atoms with van der Waals surface area (Å²) in [5, 5.41) is 7.73. The molecule has 0 radical (unpaired) electrons. The molecule has 5 nitrogen and oxygen atoms in total. The molecule has 1 amide bonds. The van der Waals surface area contributed by atoms with Crippen molar-refractivity contribution in [1.29, 1.82) is 0 Å². The summed E-state index contributed by atoms with van der Waals surface area (Å²) in [6.07, 6.45) is 0. The lowest BCUT2D eigenvalue weighted by Gasteiger charge is -2.35. The molecule has 122 valence electrons. The van der Waals surface area contributed by atoms with Gasteiger partial charge in [-0.05, 0) is 27.7 Å². The summed E-state index contributed by atoms with van der Waals surface area (Å²) in [5.74, 6) is 0.0995. The number of aromatic nitrogens is 2. The van der Waals surface area contributed by atoms with Gasteiger partial charge in [0.15, 0.2) is 0 Å². The van der Waals surface area contributed by atoms with Crippen molar-refractivity contribution >= 4 is 30.7 Å². The second-order valence-corrected chi connectivity index (χ2v) is 5.51. The number of carbonyl (C=O) groups excluding carboxylic acids is 1. The number of hydrogen-bond donors (Lipinski definition) is 1. The van der Waals surface area contributed by atoms with Gasteiger partial charge < -0.3 is 10.2 Å². The predicted molar refractivity (Wildman–Crippen MR) is 89.6 cm³/mol. The van der Waals surface area contributed by atoms with E-state index >= 15 is 0 Å². The first-order valence-corrected chi connectivity index (χ1v) is 6.94. The highest BCUT2D eigenvalue weighted by atomic mass is 35.5. The molecule has 0 bridgehead atoms. The van der Waals surface area contributed by atoms with Crippen LogP contribution >= 0.6 is 24.8 Å². The monoisotopic (exact) mass is 336 g/mol. The first-order chi connectivity index (χ1) is 8.93. The number of aryl methyl sites for hydroxylation is 2. The number of nitrogens with one attached hydrogen (secondary N) is 1. The third kappa shape index (κ3) is 3.90. The van der Waals surface area contributed by atoms with Gasteiger partial charge in [-0.1, -0.05) is 0 Å². The Kier molecular flexibility index (Phi) is 7.71. The van der Waals surface area contributed by atoms with Crippen molar-refractivity contribution in [3.63, 3.8) is 0 Å². The lowest BCUT2D eigenvalue weighted by atomic mass is 9.96. The van der Waals surface area contributed by atoms with Crippen LogP contribution in [0.1, 0.15) is 36.7 Å². The van der Waals surface area contributed by atoms with E-state index in [1.807, 2.05) is 37.4 Å². The van der Waals surface area contributed by atoms with E-state index < -0.39 is 0 Å². The van der Waals surface area contributed by atoms with E-state index in [4.69, 9.17) is 0 Å². The third-order valence-corrected chi connectivity index (χ3v) is 4.15. The smallest absolute Gasteiger partial charge is 0.230 e. The zero-order valence-corrected chi connectivity index (χ0v) is 15.0. The summed E-state index contributed by atoms with van der Waals surface area (Å²) in [6.45, 7) is 10.7. The largest absolute Gasteiger partial charge is 0.337 e. The average Bonchev–Trinajstić information content (AvgIpc) is 2.62. The van der Waals surface area contributed by atoms with E-state index in [1.165, 1.54) is 0 Å². The highest BCUT2D eigenvalue weighted by Gasteiger charge is 2.30. The SMILES string of the molecule is Cc1nn(C)c(C)c1C(C)C(=O)N1CCNC[C@H]1C.Cl.Cl. The lowest BCUT2D eigenvalue weighted by Crippen LogP contribution is -2.53. The Hall–Kier alpha value is -0.780. The maximum absolute atomic E-state index is 12.7. The van der Waals surface area contributed by atoms with Gasteiger partial charge in [-0.15, -0.1) is 24.8 Å². The minimum Gasteiger partial charge on any atom is -0.337 e. The van der Waals surface area contributed by atoms with E-state index in [2.05, 4.69) is 17.3 Å². The van der Waals surface area contributed by atoms with E-state index in [9.17, 15) is 4.79 Å². The molecule has 1 aliphatic rings. The molecule has 0 aromatic carbocycles. The van der Waals surface area contributed by atoms with Gasteiger partial charge in [0.1, 0.15) is 0 Å². The number of hydrogen-bond acceptors (Lipinski definition) is 3. The summed E-state index contributed by atoms with van der Waals surface area (Å²) in [7, 11) is 1.93. The number of carbonyl (C=O) groups is 1. The summed E-state index contributed by atoms with van der Waals surface area (Å²) in [6, 6.07) is 0.265. The van der Waals surface area contributed by atoms with Crippen molar-refractivity contribution in [2.24, 2.45) is 7.05 Å². The molecule has 1 fully saturated rings. The third-order valence-electron chi connectivity index (χ3n) is 4.15. The summed E-state index contributed by atoms with van der Waals surface area (Å²) in [5.41, 5.74) is 3.13. The van der Waals surface area contributed by atoms with Crippen LogP contribution in [0.3, 0.4) is 0 Å². The van der Waals surface area contributed by atoms with Gasteiger partial charge in [0.05, 0.1) is 11.6 Å². The highest BCUT2D eigenvalue weighted by molar-refractivity contribution is 5.85. The quantitative estimate of drug-likeness (QED) is 0.895. The molecule has 1 aromatic rings. The molecule has 0 spiro atoms. The Morgan fingerprint density at radius 3 is 2.48 bits per heavy atom. The van der Waals surface area contributed by atoms with Gasteiger partial charge >= 0.3 is 0 Å². The minimum atomic E-state index is -0.116. The molecule has 0 saturated carbocycles. The second-order valence-electron chi connectivity index (χ2n) is 5.51. The fourth-order valence-electron chi connectivity index (χ4n) is 2.96. The summed E-state index contributed by atoms with van der Waals surface area (Å²) < 4.78 is 1.86. The number of amides is 1. The Labute approximate surface area is 139 Å². The van der Waals surface area contributed by atoms with Crippen molar-refractivity contribution < 1.29 is 4.79 Å². The maximum atomic E-state index is 12.7. The fraction of sp³-hybridized carbons (Fsp3) is 0.714. The van der Waals surface area contributed by atoms with Gasteiger partial charge in [0.25, 0.3) is 0 Å². The van der Waals surface area contributed by atoms with Crippen LogP contribution in [0.4, 0.5) is 0 Å². The van der Waals surface area contributed by atoms with Crippen LogP contribution < -0.4 is 5.32 Å². The zero-order valence-electron chi connectivity index (χ0n) is 13.3. The summed E-state index contributed by atoms with van der Waals surface area (Å²) in [4.78, 5) is 14.7. The number of rotatable bonds is 2. The van der Waals surface area contributed by atoms with Crippen LogP contribution in [-0.2, 0) is 11.8 Å². The van der Waals surface area contributed by atoms with Crippen LogP contribution in [0.5, 0.6) is 0 Å². The van der Waals surface area contributed by atoms with Crippen molar-refractivity contribution in [3.05, 3.63) is 17.0 Å². The van der Waals surface area contributed by atoms with Crippen molar-refractivity contribution in [1.82, 2.24) is 20.0 Å². The van der Waals surface area contributed by atoms with Gasteiger partial charge in [-0.25, -0.2) is 0 Å². The Bertz CT molecular complexity index is 490. The molecule has 1 aromatic heterocycles. The predicted octanol–water partition coefficient (Wildman–Crippen LogP) is 1.80. The second kappa shape index (κ2) is 8.01. The molecule has 2 rings (SSSR count). The number of nitrogens with zero attached hydrogens (tertiary/aromatic N) is 3. The first kappa shape index (κ1) is 20.2. The van der Waals surface area contributed by atoms with Crippen LogP contribution in [0.15, 0.2) is 0 Å². The zero-order chi connectivity index (χ0) is 14.2. The van der Waals surface area contributed by atoms with Gasteiger partial charge in [-0.3, -0.25) is 9.48 Å². The Balaban J connectivity index is 0.00000200. The van der Waals surface area contributed by atoms with Crippen molar-refractivity contribution in [2.75, 3.05) is 19.6 Å². The molecular weight excluding hydrogens is 311 g/mol. The van der Waals surface area contributed by atoms with Crippen LogP contribution in [0, 0.1) is 13.8 Å². The molecular formula is C14H26Cl2N4O. The average molecular weight is 337 g/mol. The highest BCUT2D eigenvalue weighted by Crippen LogP contribution is 2.25. The van der Waals surface area contributed by atoms with Crippen molar-refractivity contribution in [2.45, 2.75) is 39.7 Å². The van der Waals surface area contributed by atoms with E-state index in [1.54, 1.807) is 0 Å². The molecule has 1 N–H and O–H groups in total. The normalized spacial score (nSPS) is 19.5. The molecule has 2 atom stereocenters. The first-order valence-electron chi connectivity index (χ1n) is 6.94. The molecule has 1 saturated heterocycles. The lowest BCUT2D eigenvalue weighted by molar-refractivity contribution is -0.135. The van der Waals surface area contributed by atoms with Crippen LogP contribution in [0.25, 0.3) is 0 Å². The van der Waals surface area contributed by atoms with Gasteiger partial charge in [0.2, 0.25) is 5.91 Å². The van der Waals surface area contributed by atoms with E-state index in [0.29, 0.717) is 0 Å². The van der Waals surface area contributed by atoms with Crippen molar-refractivity contribution in [3.8, 4) is 0 Å². The van der Waals surface area contributed by atoms with Gasteiger partial charge in [0, 0.05) is 44.0 Å². The molecule has 1 aliphatic heterocycles. The maximum Gasteiger partial charge on any atom is 0.230 e. The Morgan fingerprint density at radius 1 is 1.38 bits per heavy atom. The minimum absolute atomic E-state index is 0. The number of halogens is 2. The molecule has 1 unspecified atom stereocenters. The summed E-state index contributed by atoms with van der Waals surface area (Å²) >= 11 is 0. The molecule has 0 aliphatic carbocycles. The van der Waals surface area contributed by atoms with Gasteiger partial charge in [-0.2, -0.15) is 5.10 Å². The Morgan fingerprint density at radius 2 is 2.00 bits per heavy atom. The molecule has 21 heavy (non-hydrogen) atoms. The number of piperazine rings is 1. The van der Waals surface area contributed by atoms with E-state index in [0.717, 1.165) is 36.6 Å². The van der Waals surface area contributed by atoms with E-state index in [-0.39, 0.29) is 42.7 Å². The topological polar surface area (TPSA) is 50.2 Å². The van der Waals surface area contributed by atoms with Crippen LogP contribution in [-0.4, -0.2) is 46.3 Å². The molecule has 7 heteroatoms. The fourth-order valence-corrected chi connectivity index (χ4v) is 2.96.